The van der Waals surface area contributed by atoms with E-state index in [4.69, 9.17) is 9.84 Å². The lowest BCUT2D eigenvalue weighted by atomic mass is 10.0. The Kier molecular flexibility index (Phi) is 5.68. The van der Waals surface area contributed by atoms with Crippen LogP contribution in [0.1, 0.15) is 5.56 Å². The minimum atomic E-state index is -1.43. The van der Waals surface area contributed by atoms with Gasteiger partial charge >= 0.3 is 6.16 Å². The summed E-state index contributed by atoms with van der Waals surface area (Å²) in [7, 11) is 0. The molecule has 9 heteroatoms. The van der Waals surface area contributed by atoms with Crippen molar-refractivity contribution in [1.82, 2.24) is 4.57 Å². The van der Waals surface area contributed by atoms with Crippen LogP contribution in [0.4, 0.5) is 16.2 Å². The number of carbonyl (C=O) groups is 1. The average Bonchev–Trinajstić information content (AvgIpc) is 3.37. The highest BCUT2D eigenvalue weighted by Gasteiger charge is 2.20. The van der Waals surface area contributed by atoms with Crippen molar-refractivity contribution in [1.29, 1.82) is 0 Å². The molecule has 3 N–H and O–H groups in total. The summed E-state index contributed by atoms with van der Waals surface area (Å²) in [5.41, 5.74) is 3.27. The fraction of sp³-hybridized carbons (Fsp3) is 0.0385. The summed E-state index contributed by atoms with van der Waals surface area (Å²) in [6.07, 6.45) is -1.43. The van der Waals surface area contributed by atoms with Crippen LogP contribution in [0.25, 0.3) is 27.0 Å². The van der Waals surface area contributed by atoms with Gasteiger partial charge in [-0.1, -0.05) is 42.5 Å². The lowest BCUT2D eigenvalue weighted by Crippen LogP contribution is -2.02. The number of carboxylic acid groups (broad SMARTS) is 1. The molecule has 5 aromatic rings. The zero-order chi connectivity index (χ0) is 24.5. The maximum absolute atomic E-state index is 11.1. The second-order valence-electron chi connectivity index (χ2n) is 7.70. The summed E-state index contributed by atoms with van der Waals surface area (Å²) in [5.74, 6) is -0.0567. The number of thiophene rings is 1. The van der Waals surface area contributed by atoms with E-state index in [9.17, 15) is 15.0 Å². The van der Waals surface area contributed by atoms with Gasteiger partial charge in [-0.05, 0) is 53.8 Å². The van der Waals surface area contributed by atoms with Gasteiger partial charge in [-0.3, -0.25) is 4.57 Å². The summed E-state index contributed by atoms with van der Waals surface area (Å²) in [4.78, 5) is 10.9. The van der Waals surface area contributed by atoms with Gasteiger partial charge in [0.05, 0.1) is 5.52 Å². The molecule has 2 aromatic heterocycles. The van der Waals surface area contributed by atoms with Crippen molar-refractivity contribution < 1.29 is 24.9 Å². The van der Waals surface area contributed by atoms with E-state index in [1.165, 1.54) is 23.5 Å². The van der Waals surface area contributed by atoms with Crippen molar-refractivity contribution in [3.05, 3.63) is 83.7 Å². The summed E-state index contributed by atoms with van der Waals surface area (Å²) in [6.45, 7) is 1.97. The molecular formula is C26H19N3O5S. The number of phenolic OH excluding ortho intramolecular Hbond substituents is 1. The molecule has 35 heavy (non-hydrogen) atoms. The van der Waals surface area contributed by atoms with E-state index in [2.05, 4.69) is 10.2 Å². The lowest BCUT2D eigenvalue weighted by Gasteiger charge is -2.08. The van der Waals surface area contributed by atoms with Crippen molar-refractivity contribution in [3.8, 4) is 33.5 Å². The average molecular weight is 486 g/mol. The van der Waals surface area contributed by atoms with Gasteiger partial charge in [-0.15, -0.1) is 21.6 Å². The van der Waals surface area contributed by atoms with Crippen LogP contribution in [0.3, 0.4) is 0 Å². The van der Waals surface area contributed by atoms with Crippen LogP contribution in [-0.2, 0) is 0 Å². The van der Waals surface area contributed by atoms with Gasteiger partial charge in [0, 0.05) is 10.9 Å². The Hall–Kier alpha value is -4.63. The minimum absolute atomic E-state index is 0.0466. The summed E-state index contributed by atoms with van der Waals surface area (Å²) in [5, 5.41) is 42.9. The number of aromatic nitrogens is 1. The molecule has 0 atom stereocenters. The number of fused-ring (bicyclic) bond motifs is 1. The first-order chi connectivity index (χ1) is 16.9. The number of hydrogen-bond donors (Lipinski definition) is 3. The summed E-state index contributed by atoms with van der Waals surface area (Å²) >= 11 is 1.51. The molecule has 0 aliphatic rings. The van der Waals surface area contributed by atoms with Crippen LogP contribution in [0.15, 0.2) is 88.4 Å². The van der Waals surface area contributed by atoms with Gasteiger partial charge in [-0.2, -0.15) is 0 Å². The van der Waals surface area contributed by atoms with E-state index < -0.39 is 6.16 Å². The van der Waals surface area contributed by atoms with Gasteiger partial charge in [-0.25, -0.2) is 4.79 Å². The van der Waals surface area contributed by atoms with E-state index in [0.717, 1.165) is 21.5 Å². The van der Waals surface area contributed by atoms with Crippen molar-refractivity contribution in [3.63, 3.8) is 0 Å². The third-order valence-electron chi connectivity index (χ3n) is 5.48. The summed E-state index contributed by atoms with van der Waals surface area (Å²) < 4.78 is 6.45. The Balaban J connectivity index is 1.57. The molecule has 0 bridgehead atoms. The third kappa shape index (κ3) is 4.09. The van der Waals surface area contributed by atoms with Crippen LogP contribution in [0, 0.1) is 6.92 Å². The number of phenols is 1. The molecule has 174 valence electrons. The Labute approximate surface area is 203 Å². The predicted molar refractivity (Wildman–Crippen MR) is 134 cm³/mol. The molecule has 8 nitrogen and oxygen atoms in total. The van der Waals surface area contributed by atoms with Gasteiger partial charge in [0.1, 0.15) is 16.4 Å². The fourth-order valence-electron chi connectivity index (χ4n) is 3.88. The molecule has 0 spiro atoms. The van der Waals surface area contributed by atoms with Crippen LogP contribution < -0.4 is 4.74 Å². The highest BCUT2D eigenvalue weighted by Crippen LogP contribution is 2.44. The lowest BCUT2D eigenvalue weighted by molar-refractivity contribution is 0.144. The Morgan fingerprint density at radius 1 is 0.971 bits per heavy atom. The molecule has 0 aliphatic carbocycles. The number of nitrogens with zero attached hydrogens (tertiary/aromatic N) is 3. The number of ether oxygens (including phenoxy) is 1. The topological polar surface area (TPSA) is 117 Å². The molecule has 2 heterocycles. The van der Waals surface area contributed by atoms with E-state index >= 15 is 0 Å². The number of rotatable bonds is 5. The molecule has 3 aromatic carbocycles. The molecule has 5 rings (SSSR count). The molecule has 0 unspecified atom stereocenters. The van der Waals surface area contributed by atoms with Crippen LogP contribution in [0.2, 0.25) is 0 Å². The van der Waals surface area contributed by atoms with Crippen molar-refractivity contribution >= 4 is 39.8 Å². The normalized spacial score (nSPS) is 11.3. The Morgan fingerprint density at radius 3 is 2.54 bits per heavy atom. The minimum Gasteiger partial charge on any atom is -0.505 e. The van der Waals surface area contributed by atoms with E-state index in [1.54, 1.807) is 34.9 Å². The van der Waals surface area contributed by atoms with Crippen LogP contribution >= 0.6 is 11.3 Å². The smallest absolute Gasteiger partial charge is 0.505 e. The largest absolute Gasteiger partial charge is 0.511 e. The van der Waals surface area contributed by atoms with Gasteiger partial charge in [0.15, 0.2) is 11.4 Å². The number of aryl methyl sites for hydroxylation is 1. The maximum atomic E-state index is 11.1. The highest BCUT2D eigenvalue weighted by atomic mass is 32.1. The van der Waals surface area contributed by atoms with Crippen molar-refractivity contribution in [2.75, 3.05) is 0 Å². The van der Waals surface area contributed by atoms with Gasteiger partial charge in [0.2, 0.25) is 5.88 Å². The number of benzene rings is 3. The van der Waals surface area contributed by atoms with Crippen LogP contribution in [0.5, 0.6) is 17.4 Å². The van der Waals surface area contributed by atoms with Crippen molar-refractivity contribution in [2.45, 2.75) is 6.92 Å². The van der Waals surface area contributed by atoms with E-state index in [1.807, 2.05) is 42.6 Å². The second kappa shape index (κ2) is 8.96. The van der Waals surface area contributed by atoms with Crippen LogP contribution in [-0.4, -0.2) is 26.0 Å². The Morgan fingerprint density at radius 2 is 1.77 bits per heavy atom. The highest BCUT2D eigenvalue weighted by molar-refractivity contribution is 7.12. The summed E-state index contributed by atoms with van der Waals surface area (Å²) in [6, 6.07) is 20.8. The van der Waals surface area contributed by atoms with Gasteiger partial charge in [0.25, 0.3) is 0 Å². The van der Waals surface area contributed by atoms with E-state index in [-0.39, 0.29) is 28.8 Å². The molecule has 0 saturated carbocycles. The zero-order valence-electron chi connectivity index (χ0n) is 18.4. The number of azo groups is 1. The molecule has 0 aliphatic heterocycles. The number of aromatic hydroxyl groups is 2. The third-order valence-corrected chi connectivity index (χ3v) is 6.48. The monoisotopic (exact) mass is 485 g/mol. The Bertz CT molecular complexity index is 1600. The second-order valence-corrected chi connectivity index (χ2v) is 8.60. The molecule has 0 saturated heterocycles. The number of para-hydroxylation sites is 2. The van der Waals surface area contributed by atoms with Gasteiger partial charge < -0.3 is 20.1 Å². The molecule has 0 amide bonds. The first-order valence-corrected chi connectivity index (χ1v) is 11.4. The first-order valence-electron chi connectivity index (χ1n) is 10.6. The molecule has 0 radical (unpaired) electrons. The molecular weight excluding hydrogens is 466 g/mol. The quantitative estimate of drug-likeness (QED) is 0.135. The predicted octanol–water partition coefficient (Wildman–Crippen LogP) is 7.55. The number of hydrogen-bond acceptors (Lipinski definition) is 7. The SMILES string of the molecule is Cc1ccsc1-n1c(O)c(N=Nc2cccc(-c3cccc(OC(=O)O)c3)c2O)c2ccccc21. The maximum Gasteiger partial charge on any atom is 0.511 e. The van der Waals surface area contributed by atoms with Crippen molar-refractivity contribution in [2.24, 2.45) is 10.2 Å². The molecule has 0 fully saturated rings. The first kappa shape index (κ1) is 22.2. The van der Waals surface area contributed by atoms with E-state index in [0.29, 0.717) is 11.1 Å². The fourth-order valence-corrected chi connectivity index (χ4v) is 4.83. The zero-order valence-corrected chi connectivity index (χ0v) is 19.2. The standard InChI is InChI=1S/C26H19N3O5S/c1-15-12-13-35-25(15)29-21-11-3-2-8-19(21)22(24(29)31)28-27-20-10-5-9-18(23(20)30)16-6-4-7-17(14-16)34-26(32)33/h2-14,30-31H,1H3,(H,32,33).